The number of ether oxygens (including phenoxy) is 3. The molecule has 1 spiro atoms. The van der Waals surface area contributed by atoms with Crippen LogP contribution < -0.4 is 24.4 Å². The number of aliphatic hydroxyl groups is 1. The molecule has 3 aliphatic heterocycles. The van der Waals surface area contributed by atoms with Gasteiger partial charge in [-0.3, -0.25) is 19.8 Å². The van der Waals surface area contributed by atoms with E-state index in [2.05, 4.69) is 62.9 Å². The number of fused-ring (bicyclic) bond motifs is 2. The van der Waals surface area contributed by atoms with Gasteiger partial charge in [-0.05, 0) is 131 Å². The van der Waals surface area contributed by atoms with E-state index in [1.54, 1.807) is 26.2 Å². The molecule has 4 fully saturated rings. The molecule has 4 atom stereocenters. The van der Waals surface area contributed by atoms with Gasteiger partial charge in [-0.1, -0.05) is 44.5 Å². The van der Waals surface area contributed by atoms with Gasteiger partial charge >= 0.3 is 0 Å². The van der Waals surface area contributed by atoms with Gasteiger partial charge in [0.15, 0.2) is 11.4 Å². The van der Waals surface area contributed by atoms with Crippen LogP contribution in [0.3, 0.4) is 0 Å². The third-order valence-corrected chi connectivity index (χ3v) is 18.0. The van der Waals surface area contributed by atoms with Crippen LogP contribution in [0.5, 0.6) is 17.2 Å². The number of carbonyl (C=O) groups excluding carboxylic acids is 1. The molecular formula is C55H68FN7O9S. The van der Waals surface area contributed by atoms with Crippen molar-refractivity contribution in [1.29, 1.82) is 0 Å². The fourth-order valence-corrected chi connectivity index (χ4v) is 13.3. The molecule has 1 unspecified atom stereocenters. The lowest BCUT2D eigenvalue weighted by atomic mass is 9.70. The standard InChI is InChI=1S/C55H68FN7O9S/c1-33(2)38-9-6-7-10-39(38)40-11-8-12-46(40)62-31-55(32-62)21-23-61(24-22-55)36-14-15-41(48(25-36)72-49-28-42-43(56)29-57-52(42)59-44(49)16-13-34(3)70-5)53(64)60-73(68,69)37-26-47(63(66)67)51-50(27-37)71-30-45(58-51)35-17-19-54(4,65)20-18-35/h6-7,9-10,14-15,25-29,33-35,40,45-46,58,65H,8,11-13,16-24,30-32H2,1-5H3,(H,57,59)(H,60,64)/t34?,35?,40-,45+,46-,54?/m0/s1. The second kappa shape index (κ2) is 20.1. The maximum absolute atomic E-state index is 15.1. The van der Waals surface area contributed by atoms with Crippen LogP contribution in [0.1, 0.15) is 131 Å². The van der Waals surface area contributed by atoms with Gasteiger partial charge in [0.05, 0.1) is 44.2 Å². The highest BCUT2D eigenvalue weighted by Gasteiger charge is 2.49. The zero-order valence-corrected chi connectivity index (χ0v) is 43.2. The van der Waals surface area contributed by atoms with Crippen LogP contribution >= 0.6 is 0 Å². The number of nitro groups is 1. The van der Waals surface area contributed by atoms with Crippen molar-refractivity contribution in [1.82, 2.24) is 19.6 Å². The quantitative estimate of drug-likeness (QED) is 0.0571. The molecule has 10 rings (SSSR count). The van der Waals surface area contributed by atoms with Crippen molar-refractivity contribution in [3.8, 4) is 17.2 Å². The summed E-state index contributed by atoms with van der Waals surface area (Å²) in [4.78, 5) is 38.3. The van der Waals surface area contributed by atoms with E-state index in [9.17, 15) is 28.4 Å². The number of H-pyrrole nitrogens is 1. The number of piperidine rings is 1. The summed E-state index contributed by atoms with van der Waals surface area (Å²) in [6.45, 7) is 12.1. The number of methoxy groups -OCH3 is 1. The minimum atomic E-state index is -4.76. The normalized spacial score (nSPS) is 24.4. The molecular weight excluding hydrogens is 954 g/mol. The van der Waals surface area contributed by atoms with Crippen molar-refractivity contribution in [2.24, 2.45) is 11.3 Å². The first-order valence-corrected chi connectivity index (χ1v) is 27.5. The summed E-state index contributed by atoms with van der Waals surface area (Å²) in [5, 5.41) is 26.4. The molecule has 0 bridgehead atoms. The second-order valence-electron chi connectivity index (χ2n) is 22.0. The Morgan fingerprint density at radius 2 is 1.78 bits per heavy atom. The van der Waals surface area contributed by atoms with Crippen LogP contribution in [0.25, 0.3) is 11.0 Å². The van der Waals surface area contributed by atoms with E-state index >= 15 is 4.39 Å². The third-order valence-electron chi connectivity index (χ3n) is 16.7. The van der Waals surface area contributed by atoms with Gasteiger partial charge in [0.25, 0.3) is 21.6 Å². The minimum Gasteiger partial charge on any atom is -0.489 e. The van der Waals surface area contributed by atoms with E-state index in [-0.39, 0.29) is 64.0 Å². The molecule has 73 heavy (non-hydrogen) atoms. The Balaban J connectivity index is 0.904. The molecule has 2 saturated heterocycles. The number of nitrogens with one attached hydrogen (secondary N) is 3. The first kappa shape index (κ1) is 50.7. The maximum atomic E-state index is 15.1. The molecule has 2 saturated carbocycles. The lowest BCUT2D eigenvalue weighted by Gasteiger charge is -2.57. The number of hydrogen-bond donors (Lipinski definition) is 4. The Hall–Kier alpha value is -5.82. The van der Waals surface area contributed by atoms with Gasteiger partial charge in [0, 0.05) is 69.4 Å². The van der Waals surface area contributed by atoms with E-state index in [0.717, 1.165) is 50.8 Å². The summed E-state index contributed by atoms with van der Waals surface area (Å²) in [5.74, 6) is -0.316. The van der Waals surface area contributed by atoms with Crippen LogP contribution in [0.15, 0.2) is 71.8 Å². The molecule has 0 radical (unpaired) electrons. The predicted molar refractivity (Wildman–Crippen MR) is 277 cm³/mol. The SMILES string of the molecule is COC(C)CCc1nc2[nH]cc(F)c2cc1Oc1cc(N2CCC3(CC2)CN([C@H]2CCC[C@H]2c2ccccc2C(C)C)C3)ccc1C(=O)NS(=O)(=O)c1cc2c(c([N+](=O)[O-])c1)N[C@@H](C1CCC(C)(O)CC1)CO2. The molecule has 390 valence electrons. The fourth-order valence-electron chi connectivity index (χ4n) is 12.3. The molecule has 18 heteroatoms. The minimum absolute atomic E-state index is 0.0200. The van der Waals surface area contributed by atoms with Gasteiger partial charge in [0.2, 0.25) is 0 Å². The maximum Gasteiger partial charge on any atom is 0.297 e. The fraction of sp³-hybridized carbons (Fsp3) is 0.527. The van der Waals surface area contributed by atoms with Crippen LogP contribution in [-0.4, -0.2) is 103 Å². The molecule has 5 heterocycles. The van der Waals surface area contributed by atoms with E-state index in [4.69, 9.17) is 19.2 Å². The highest BCUT2D eigenvalue weighted by Crippen LogP contribution is 2.49. The molecule has 2 aliphatic carbocycles. The summed E-state index contributed by atoms with van der Waals surface area (Å²) in [6, 6.07) is 17.8. The van der Waals surface area contributed by atoms with E-state index in [1.165, 1.54) is 54.8 Å². The Morgan fingerprint density at radius 3 is 2.51 bits per heavy atom. The number of hydrogen-bond acceptors (Lipinski definition) is 13. The number of anilines is 2. The summed E-state index contributed by atoms with van der Waals surface area (Å²) in [6.07, 6.45) is 10.2. The van der Waals surface area contributed by atoms with E-state index in [1.807, 2.05) is 6.92 Å². The summed E-state index contributed by atoms with van der Waals surface area (Å²) < 4.78 is 63.8. The zero-order chi connectivity index (χ0) is 51.4. The van der Waals surface area contributed by atoms with Gasteiger partial charge in [-0.25, -0.2) is 22.5 Å². The highest BCUT2D eigenvalue weighted by molar-refractivity contribution is 7.90. The Kier molecular flexibility index (Phi) is 14.0. The van der Waals surface area contributed by atoms with E-state index < -0.39 is 42.9 Å². The first-order chi connectivity index (χ1) is 34.9. The molecule has 4 N–H and O–H groups in total. The number of amides is 1. The topological polar surface area (TPSA) is 201 Å². The average Bonchev–Trinajstić information content (AvgIpc) is 4.00. The van der Waals surface area contributed by atoms with Crippen LogP contribution in [0, 0.1) is 27.3 Å². The molecule has 2 aromatic heterocycles. The number of nitrogens with zero attached hydrogens (tertiary/aromatic N) is 4. The Bertz CT molecular complexity index is 2990. The number of halogens is 1. The number of rotatable bonds is 15. The average molecular weight is 1020 g/mol. The van der Waals surface area contributed by atoms with Gasteiger partial charge < -0.3 is 34.5 Å². The number of likely N-dealkylation sites (tertiary alicyclic amines) is 1. The number of aryl methyl sites for hydroxylation is 1. The van der Waals surface area contributed by atoms with Crippen LogP contribution in [0.4, 0.5) is 21.5 Å². The molecule has 16 nitrogen and oxygen atoms in total. The third kappa shape index (κ3) is 10.4. The molecule has 5 aliphatic rings. The number of carbonyl (C=O) groups is 1. The van der Waals surface area contributed by atoms with Gasteiger partial charge in [-0.15, -0.1) is 0 Å². The highest BCUT2D eigenvalue weighted by atomic mass is 32.2. The molecule has 3 aromatic carbocycles. The monoisotopic (exact) mass is 1020 g/mol. The zero-order valence-electron chi connectivity index (χ0n) is 42.4. The summed E-state index contributed by atoms with van der Waals surface area (Å²) in [7, 11) is -3.15. The van der Waals surface area contributed by atoms with Crippen molar-refractivity contribution < 1.29 is 41.8 Å². The van der Waals surface area contributed by atoms with Gasteiger partial charge in [0.1, 0.15) is 29.6 Å². The second-order valence-corrected chi connectivity index (χ2v) is 23.7. The smallest absolute Gasteiger partial charge is 0.297 e. The van der Waals surface area contributed by atoms with Gasteiger partial charge in [-0.2, -0.15) is 0 Å². The van der Waals surface area contributed by atoms with Crippen molar-refractivity contribution in [2.75, 3.05) is 50.1 Å². The van der Waals surface area contributed by atoms with Crippen LogP contribution in [-0.2, 0) is 21.2 Å². The summed E-state index contributed by atoms with van der Waals surface area (Å²) in [5.41, 5.74) is 3.36. The lowest BCUT2D eigenvalue weighted by Crippen LogP contribution is -2.63. The Morgan fingerprint density at radius 1 is 1.03 bits per heavy atom. The van der Waals surface area contributed by atoms with Crippen molar-refractivity contribution >= 4 is 44.0 Å². The lowest BCUT2D eigenvalue weighted by molar-refractivity contribution is -0.384. The number of aromatic nitrogens is 2. The first-order valence-electron chi connectivity index (χ1n) is 26.0. The molecule has 1 amide bonds. The number of nitro benzene ring substituents is 1. The molecule has 5 aromatic rings. The van der Waals surface area contributed by atoms with Crippen LogP contribution in [0.2, 0.25) is 0 Å². The summed E-state index contributed by atoms with van der Waals surface area (Å²) >= 11 is 0. The predicted octanol–water partition coefficient (Wildman–Crippen LogP) is 9.96. The number of aromatic amines is 1. The Labute approximate surface area is 426 Å². The number of pyridine rings is 1. The van der Waals surface area contributed by atoms with Crippen molar-refractivity contribution in [3.63, 3.8) is 0 Å². The van der Waals surface area contributed by atoms with Crippen molar-refractivity contribution in [3.05, 3.63) is 105 Å². The number of sulfonamides is 1. The number of benzene rings is 3. The van der Waals surface area contributed by atoms with Crippen molar-refractivity contribution in [2.45, 2.75) is 139 Å². The van der Waals surface area contributed by atoms with E-state index in [0.29, 0.717) is 67.7 Å². The largest absolute Gasteiger partial charge is 0.489 e.